The second kappa shape index (κ2) is 6.86. The van der Waals surface area contributed by atoms with E-state index < -0.39 is 12.1 Å². The quantitative estimate of drug-likeness (QED) is 0.825. The van der Waals surface area contributed by atoms with Gasteiger partial charge in [0.25, 0.3) is 5.91 Å². The van der Waals surface area contributed by atoms with E-state index in [4.69, 9.17) is 0 Å². The Labute approximate surface area is 140 Å². The van der Waals surface area contributed by atoms with E-state index in [0.717, 1.165) is 6.42 Å². The molecule has 2 heterocycles. The standard InChI is InChI=1S/C18H21N3O3/c1-12-2-4-13(5-3-12)14-8-10-21(11-9-14)16(22)7-6-15-17(23)20-18(24)19-15/h2-5,8,15H,6-7,9-11H2,1H3,(H2,19,20,23,24)/t15-/m1/s1. The molecule has 2 aliphatic heterocycles. The molecule has 0 aromatic heterocycles. The minimum absolute atomic E-state index is 0.0168. The summed E-state index contributed by atoms with van der Waals surface area (Å²) < 4.78 is 0. The van der Waals surface area contributed by atoms with Crippen LogP contribution in [0.5, 0.6) is 0 Å². The Bertz CT molecular complexity index is 694. The fraction of sp³-hybridized carbons (Fsp3) is 0.389. The monoisotopic (exact) mass is 327 g/mol. The Kier molecular flexibility index (Phi) is 4.64. The highest BCUT2D eigenvalue weighted by atomic mass is 16.2. The van der Waals surface area contributed by atoms with Crippen LogP contribution in [0.4, 0.5) is 4.79 Å². The van der Waals surface area contributed by atoms with Crippen molar-refractivity contribution < 1.29 is 14.4 Å². The molecule has 0 aliphatic carbocycles. The summed E-state index contributed by atoms with van der Waals surface area (Å²) >= 11 is 0. The Balaban J connectivity index is 1.52. The Morgan fingerprint density at radius 3 is 2.58 bits per heavy atom. The van der Waals surface area contributed by atoms with Crippen LogP contribution in [-0.2, 0) is 9.59 Å². The molecule has 6 heteroatoms. The predicted molar refractivity (Wildman–Crippen MR) is 90.0 cm³/mol. The molecule has 126 valence electrons. The fourth-order valence-electron chi connectivity index (χ4n) is 3.01. The van der Waals surface area contributed by atoms with Gasteiger partial charge in [-0.1, -0.05) is 35.9 Å². The number of urea groups is 1. The van der Waals surface area contributed by atoms with Gasteiger partial charge < -0.3 is 10.2 Å². The molecule has 1 aromatic carbocycles. The molecule has 1 fully saturated rings. The Morgan fingerprint density at radius 1 is 1.25 bits per heavy atom. The van der Waals surface area contributed by atoms with Crippen molar-refractivity contribution in [3.63, 3.8) is 0 Å². The maximum atomic E-state index is 12.3. The molecule has 0 bridgehead atoms. The van der Waals surface area contributed by atoms with Crippen LogP contribution in [0, 0.1) is 6.92 Å². The van der Waals surface area contributed by atoms with Gasteiger partial charge in [0.1, 0.15) is 6.04 Å². The number of carbonyl (C=O) groups is 3. The molecule has 2 N–H and O–H groups in total. The van der Waals surface area contributed by atoms with Crippen molar-refractivity contribution in [3.8, 4) is 0 Å². The maximum absolute atomic E-state index is 12.3. The van der Waals surface area contributed by atoms with Crippen LogP contribution in [0.15, 0.2) is 30.3 Å². The molecule has 1 atom stereocenters. The molecule has 0 unspecified atom stereocenters. The number of carbonyl (C=O) groups excluding carboxylic acids is 3. The summed E-state index contributed by atoms with van der Waals surface area (Å²) in [6.45, 7) is 3.33. The third-order valence-electron chi connectivity index (χ3n) is 4.49. The lowest BCUT2D eigenvalue weighted by atomic mass is 9.98. The molecule has 0 saturated carbocycles. The van der Waals surface area contributed by atoms with E-state index in [0.29, 0.717) is 19.5 Å². The number of amides is 4. The van der Waals surface area contributed by atoms with Crippen molar-refractivity contribution >= 4 is 23.4 Å². The molecule has 3 rings (SSSR count). The normalized spacial score (nSPS) is 20.5. The number of imide groups is 1. The van der Waals surface area contributed by atoms with E-state index in [1.165, 1.54) is 16.7 Å². The van der Waals surface area contributed by atoms with E-state index in [2.05, 4.69) is 47.9 Å². The van der Waals surface area contributed by atoms with E-state index in [-0.39, 0.29) is 18.2 Å². The summed E-state index contributed by atoms with van der Waals surface area (Å²) in [7, 11) is 0. The van der Waals surface area contributed by atoms with E-state index in [1.807, 2.05) is 0 Å². The van der Waals surface area contributed by atoms with Crippen LogP contribution in [0.25, 0.3) is 5.57 Å². The third kappa shape index (κ3) is 3.64. The van der Waals surface area contributed by atoms with Crippen molar-refractivity contribution in [2.24, 2.45) is 0 Å². The first-order valence-electron chi connectivity index (χ1n) is 8.18. The summed E-state index contributed by atoms with van der Waals surface area (Å²) in [6, 6.07) is 7.33. The minimum atomic E-state index is -0.593. The largest absolute Gasteiger partial charge is 0.339 e. The van der Waals surface area contributed by atoms with Crippen molar-refractivity contribution in [1.29, 1.82) is 0 Å². The van der Waals surface area contributed by atoms with Crippen LogP contribution in [0.1, 0.15) is 30.4 Å². The minimum Gasteiger partial charge on any atom is -0.339 e. The van der Waals surface area contributed by atoms with Crippen LogP contribution in [-0.4, -0.2) is 41.9 Å². The van der Waals surface area contributed by atoms with Gasteiger partial charge in [0.15, 0.2) is 0 Å². The molecule has 2 aliphatic rings. The number of aryl methyl sites for hydroxylation is 1. The molecule has 1 aromatic rings. The Morgan fingerprint density at radius 2 is 2.00 bits per heavy atom. The van der Waals surface area contributed by atoms with Crippen LogP contribution in [0.2, 0.25) is 0 Å². The van der Waals surface area contributed by atoms with Crippen molar-refractivity contribution in [2.45, 2.75) is 32.2 Å². The highest BCUT2D eigenvalue weighted by molar-refractivity contribution is 6.04. The van der Waals surface area contributed by atoms with Crippen LogP contribution in [0.3, 0.4) is 0 Å². The average molecular weight is 327 g/mol. The molecule has 24 heavy (non-hydrogen) atoms. The lowest BCUT2D eigenvalue weighted by Crippen LogP contribution is -2.36. The molecular formula is C18H21N3O3. The zero-order chi connectivity index (χ0) is 17.1. The molecule has 6 nitrogen and oxygen atoms in total. The summed E-state index contributed by atoms with van der Waals surface area (Å²) in [4.78, 5) is 36.6. The predicted octanol–water partition coefficient (Wildman–Crippen LogP) is 1.60. The van der Waals surface area contributed by atoms with Gasteiger partial charge in [-0.05, 0) is 30.9 Å². The van der Waals surface area contributed by atoms with Crippen molar-refractivity contribution in [2.75, 3.05) is 13.1 Å². The summed E-state index contributed by atoms with van der Waals surface area (Å²) in [6.07, 6.45) is 3.51. The molecule has 0 spiro atoms. The fourth-order valence-corrected chi connectivity index (χ4v) is 3.01. The van der Waals surface area contributed by atoms with Gasteiger partial charge in [-0.15, -0.1) is 0 Å². The third-order valence-corrected chi connectivity index (χ3v) is 4.49. The average Bonchev–Trinajstić information content (AvgIpc) is 2.91. The first-order valence-corrected chi connectivity index (χ1v) is 8.18. The smallest absolute Gasteiger partial charge is 0.322 e. The van der Waals surface area contributed by atoms with Gasteiger partial charge in [-0.3, -0.25) is 14.9 Å². The van der Waals surface area contributed by atoms with Gasteiger partial charge in [-0.2, -0.15) is 0 Å². The number of hydrogen-bond acceptors (Lipinski definition) is 3. The zero-order valence-corrected chi connectivity index (χ0v) is 13.7. The highest BCUT2D eigenvalue weighted by Crippen LogP contribution is 2.23. The highest BCUT2D eigenvalue weighted by Gasteiger charge is 2.30. The molecular weight excluding hydrogens is 306 g/mol. The van der Waals surface area contributed by atoms with Gasteiger partial charge in [0, 0.05) is 19.5 Å². The van der Waals surface area contributed by atoms with E-state index in [9.17, 15) is 14.4 Å². The van der Waals surface area contributed by atoms with Crippen LogP contribution < -0.4 is 10.6 Å². The van der Waals surface area contributed by atoms with Crippen molar-refractivity contribution in [1.82, 2.24) is 15.5 Å². The molecule has 0 radical (unpaired) electrons. The van der Waals surface area contributed by atoms with E-state index in [1.54, 1.807) is 4.90 Å². The van der Waals surface area contributed by atoms with Gasteiger partial charge in [-0.25, -0.2) is 4.79 Å². The zero-order valence-electron chi connectivity index (χ0n) is 13.7. The summed E-state index contributed by atoms with van der Waals surface area (Å²) in [5, 5.41) is 4.69. The molecule has 4 amide bonds. The van der Waals surface area contributed by atoms with Gasteiger partial charge >= 0.3 is 6.03 Å². The number of hydrogen-bond donors (Lipinski definition) is 2. The lowest BCUT2D eigenvalue weighted by Gasteiger charge is -2.27. The topological polar surface area (TPSA) is 78.5 Å². The van der Waals surface area contributed by atoms with E-state index >= 15 is 0 Å². The lowest BCUT2D eigenvalue weighted by molar-refractivity contribution is -0.131. The van der Waals surface area contributed by atoms with Gasteiger partial charge in [0.05, 0.1) is 0 Å². The number of nitrogens with one attached hydrogen (secondary N) is 2. The van der Waals surface area contributed by atoms with Crippen molar-refractivity contribution in [3.05, 3.63) is 41.5 Å². The van der Waals surface area contributed by atoms with Gasteiger partial charge in [0.2, 0.25) is 5.91 Å². The summed E-state index contributed by atoms with van der Waals surface area (Å²) in [5.41, 5.74) is 3.70. The number of nitrogens with zero attached hydrogens (tertiary/aromatic N) is 1. The second-order valence-electron chi connectivity index (χ2n) is 6.24. The SMILES string of the molecule is Cc1ccc(C2=CCN(C(=O)CC[C@H]3NC(=O)NC3=O)CC2)cc1. The first kappa shape index (κ1) is 16.2. The number of benzene rings is 1. The van der Waals surface area contributed by atoms with Crippen LogP contribution >= 0.6 is 0 Å². The number of rotatable bonds is 4. The first-order chi connectivity index (χ1) is 11.5. The maximum Gasteiger partial charge on any atom is 0.322 e. The Hall–Kier alpha value is -2.63. The second-order valence-corrected chi connectivity index (χ2v) is 6.24. The summed E-state index contributed by atoms with van der Waals surface area (Å²) in [5.74, 6) is -0.337. The molecule has 1 saturated heterocycles.